The first-order valence-corrected chi connectivity index (χ1v) is 8.87. The lowest BCUT2D eigenvalue weighted by atomic mass is 10.2. The average Bonchev–Trinajstić information content (AvgIpc) is 2.70. The fraction of sp³-hybridized carbons (Fsp3) is 0.190. The smallest absolute Gasteiger partial charge is 0.347 e. The summed E-state index contributed by atoms with van der Waals surface area (Å²) in [6, 6.07) is 7.01. The highest BCUT2D eigenvalue weighted by atomic mass is 35.5. The summed E-state index contributed by atoms with van der Waals surface area (Å²) < 4.78 is 7.16. The Morgan fingerprint density at radius 2 is 2.07 bits per heavy atom. The number of carbonyl (C=O) groups excluding carboxylic acids is 1. The Labute approximate surface area is 165 Å². The van der Waals surface area contributed by atoms with Crippen LogP contribution in [0.4, 0.5) is 0 Å². The lowest BCUT2D eigenvalue weighted by Crippen LogP contribution is -2.28. The largest absolute Gasteiger partial charge is 0.423 e. The summed E-state index contributed by atoms with van der Waals surface area (Å²) in [5.41, 5.74) is 1.79. The van der Waals surface area contributed by atoms with E-state index in [0.717, 1.165) is 5.56 Å². The van der Waals surface area contributed by atoms with Crippen LogP contribution in [-0.4, -0.2) is 22.6 Å². The molecule has 2 aromatic rings. The van der Waals surface area contributed by atoms with E-state index in [0.29, 0.717) is 28.5 Å². The van der Waals surface area contributed by atoms with E-state index in [1.807, 2.05) is 30.7 Å². The van der Waals surface area contributed by atoms with Crippen molar-refractivity contribution in [3.05, 3.63) is 95.6 Å². The maximum Gasteiger partial charge on any atom is 0.347 e. The van der Waals surface area contributed by atoms with E-state index < -0.39 is 5.97 Å². The molecule has 0 saturated heterocycles. The third-order valence-electron chi connectivity index (χ3n) is 3.31. The zero-order chi connectivity index (χ0) is 20.2. The van der Waals surface area contributed by atoms with E-state index in [4.69, 9.17) is 16.3 Å². The number of esters is 1. The van der Waals surface area contributed by atoms with Crippen LogP contribution in [0, 0.1) is 0 Å². The van der Waals surface area contributed by atoms with Gasteiger partial charge in [0.05, 0.1) is 6.54 Å². The molecule has 0 aliphatic heterocycles. The minimum atomic E-state index is -0.516. The van der Waals surface area contributed by atoms with Gasteiger partial charge in [0.15, 0.2) is 0 Å². The molecule has 0 N–H and O–H groups in total. The molecule has 0 unspecified atom stereocenters. The van der Waals surface area contributed by atoms with Gasteiger partial charge in [0.25, 0.3) is 0 Å². The molecule has 2 rings (SSSR count). The number of aromatic nitrogens is 2. The standard InChI is InChI=1S/C19H18ClN3O2.C2H6/c1-4-7-15(5-2)25-19(24)16-8-6-11-23(18(16)21-3)13-14-9-10-17(20)22-12-14;1-2/h4-12H,1-2,13H2,3H3;1-2H3/b15-7+,21-18?;. The van der Waals surface area contributed by atoms with E-state index >= 15 is 0 Å². The van der Waals surface area contributed by atoms with Gasteiger partial charge in [-0.25, -0.2) is 9.78 Å². The molecule has 0 amide bonds. The number of carbonyl (C=O) groups is 1. The lowest BCUT2D eigenvalue weighted by molar-refractivity contribution is 0.0634. The van der Waals surface area contributed by atoms with Gasteiger partial charge in [-0.1, -0.05) is 50.7 Å². The molecule has 0 spiro atoms. The molecule has 2 aromatic heterocycles. The molecule has 2 heterocycles. The molecule has 0 radical (unpaired) electrons. The second kappa shape index (κ2) is 11.6. The Kier molecular flexibility index (Phi) is 9.54. The van der Waals surface area contributed by atoms with Crippen LogP contribution in [0.1, 0.15) is 29.8 Å². The molecule has 0 aliphatic carbocycles. The summed E-state index contributed by atoms with van der Waals surface area (Å²) >= 11 is 5.81. The van der Waals surface area contributed by atoms with Gasteiger partial charge in [0, 0.05) is 19.4 Å². The van der Waals surface area contributed by atoms with Gasteiger partial charge < -0.3 is 9.30 Å². The first-order valence-electron chi connectivity index (χ1n) is 8.49. The van der Waals surface area contributed by atoms with E-state index in [2.05, 4.69) is 23.1 Å². The SMILES string of the molecule is C=C/C=C(\C=C)OC(=O)c1cccn(Cc2ccc(Cl)nc2)c1=NC.CC. The number of nitrogens with zero attached hydrogens (tertiary/aromatic N) is 3. The van der Waals surface area contributed by atoms with Gasteiger partial charge in [0.2, 0.25) is 0 Å². The lowest BCUT2D eigenvalue weighted by Gasteiger charge is -2.11. The predicted octanol–water partition coefficient (Wildman–Crippen LogP) is 4.55. The van der Waals surface area contributed by atoms with Crippen LogP contribution in [0.3, 0.4) is 0 Å². The van der Waals surface area contributed by atoms with Crippen molar-refractivity contribution in [2.75, 3.05) is 7.05 Å². The predicted molar refractivity (Wildman–Crippen MR) is 110 cm³/mol. The number of allylic oxidation sites excluding steroid dienone is 3. The summed E-state index contributed by atoms with van der Waals surface area (Å²) in [6.07, 6.45) is 8.04. The van der Waals surface area contributed by atoms with Crippen LogP contribution in [0.25, 0.3) is 0 Å². The Morgan fingerprint density at radius 3 is 2.63 bits per heavy atom. The average molecular weight is 386 g/mol. The Hall–Kier alpha value is -2.92. The third kappa shape index (κ3) is 6.38. The van der Waals surface area contributed by atoms with Crippen LogP contribution < -0.4 is 5.49 Å². The van der Waals surface area contributed by atoms with Gasteiger partial charge in [0.1, 0.15) is 22.0 Å². The second-order valence-corrected chi connectivity index (χ2v) is 5.37. The van der Waals surface area contributed by atoms with Gasteiger partial charge in [-0.05, 0) is 35.9 Å². The summed E-state index contributed by atoms with van der Waals surface area (Å²) in [6.45, 7) is 11.7. The molecule has 0 aromatic carbocycles. The van der Waals surface area contributed by atoms with Crippen molar-refractivity contribution >= 4 is 17.6 Å². The number of halogens is 1. The zero-order valence-corrected chi connectivity index (χ0v) is 16.6. The first kappa shape index (κ1) is 22.1. The normalized spacial score (nSPS) is 11.3. The van der Waals surface area contributed by atoms with E-state index in [9.17, 15) is 4.79 Å². The summed E-state index contributed by atoms with van der Waals surface area (Å²) in [5.74, 6) is -0.198. The highest BCUT2D eigenvalue weighted by Gasteiger charge is 2.13. The fourth-order valence-electron chi connectivity index (χ4n) is 2.20. The van der Waals surface area contributed by atoms with E-state index in [1.165, 1.54) is 12.2 Å². The van der Waals surface area contributed by atoms with Crippen molar-refractivity contribution in [1.82, 2.24) is 9.55 Å². The second-order valence-electron chi connectivity index (χ2n) is 4.98. The molecule has 142 valence electrons. The van der Waals surface area contributed by atoms with Crippen molar-refractivity contribution in [2.45, 2.75) is 20.4 Å². The molecular formula is C21H24ClN3O2. The minimum Gasteiger partial charge on any atom is -0.423 e. The molecule has 5 nitrogen and oxygen atoms in total. The van der Waals surface area contributed by atoms with Crippen molar-refractivity contribution in [1.29, 1.82) is 0 Å². The molecule has 6 heteroatoms. The monoisotopic (exact) mass is 385 g/mol. The van der Waals surface area contributed by atoms with E-state index in [-0.39, 0.29) is 0 Å². The molecule has 0 bridgehead atoms. The van der Waals surface area contributed by atoms with Crippen molar-refractivity contribution < 1.29 is 9.53 Å². The van der Waals surface area contributed by atoms with Gasteiger partial charge in [-0.15, -0.1) is 0 Å². The number of rotatable bonds is 6. The third-order valence-corrected chi connectivity index (χ3v) is 3.53. The highest BCUT2D eigenvalue weighted by Crippen LogP contribution is 2.08. The molecule has 0 saturated carbocycles. The Bertz CT molecular complexity index is 881. The molecule has 0 atom stereocenters. The molecule has 0 aliphatic rings. The number of ether oxygens (including phenoxy) is 1. The fourth-order valence-corrected chi connectivity index (χ4v) is 2.31. The first-order chi connectivity index (χ1) is 13.1. The summed E-state index contributed by atoms with van der Waals surface area (Å²) in [5, 5.41) is 0.428. The van der Waals surface area contributed by atoms with Crippen molar-refractivity contribution in [3.63, 3.8) is 0 Å². The zero-order valence-electron chi connectivity index (χ0n) is 15.9. The Balaban J connectivity index is 0.00000176. The van der Waals surface area contributed by atoms with Crippen LogP contribution in [0.2, 0.25) is 5.15 Å². The maximum atomic E-state index is 12.5. The van der Waals surface area contributed by atoms with Crippen LogP contribution in [-0.2, 0) is 11.3 Å². The summed E-state index contributed by atoms with van der Waals surface area (Å²) in [7, 11) is 1.62. The van der Waals surface area contributed by atoms with E-state index in [1.54, 1.807) is 37.5 Å². The van der Waals surface area contributed by atoms with Crippen LogP contribution in [0.5, 0.6) is 0 Å². The van der Waals surface area contributed by atoms with Crippen LogP contribution in [0.15, 0.2) is 78.8 Å². The van der Waals surface area contributed by atoms with Gasteiger partial charge in [-0.3, -0.25) is 4.99 Å². The summed E-state index contributed by atoms with van der Waals surface area (Å²) in [4.78, 5) is 20.8. The topological polar surface area (TPSA) is 56.5 Å². The Morgan fingerprint density at radius 1 is 1.33 bits per heavy atom. The number of pyridine rings is 2. The quantitative estimate of drug-likeness (QED) is 0.317. The number of hydrogen-bond acceptors (Lipinski definition) is 4. The number of hydrogen-bond donors (Lipinski definition) is 0. The van der Waals surface area contributed by atoms with Crippen molar-refractivity contribution in [3.8, 4) is 0 Å². The van der Waals surface area contributed by atoms with Gasteiger partial charge in [-0.2, -0.15) is 0 Å². The van der Waals surface area contributed by atoms with Crippen LogP contribution >= 0.6 is 11.6 Å². The highest BCUT2D eigenvalue weighted by molar-refractivity contribution is 6.29. The minimum absolute atomic E-state index is 0.319. The molecule has 0 fully saturated rings. The maximum absolute atomic E-state index is 12.5. The van der Waals surface area contributed by atoms with Gasteiger partial charge >= 0.3 is 5.97 Å². The molecule has 27 heavy (non-hydrogen) atoms. The van der Waals surface area contributed by atoms with Crippen molar-refractivity contribution in [2.24, 2.45) is 4.99 Å². The molecular weight excluding hydrogens is 362 g/mol.